The van der Waals surface area contributed by atoms with Crippen molar-refractivity contribution in [1.82, 2.24) is 10.2 Å². The van der Waals surface area contributed by atoms with Crippen LogP contribution in [0.25, 0.3) is 17.0 Å². The lowest BCUT2D eigenvalue weighted by Gasteiger charge is -1.99. The molecule has 0 bridgehead atoms. The van der Waals surface area contributed by atoms with Gasteiger partial charge in [0.2, 0.25) is 11.8 Å². The lowest BCUT2D eigenvalue weighted by atomic mass is 10.1. The SMILES string of the molecule is COC(=O)/C(F)=C/c1ccc2c(F)[nH]nc2c1F. The maximum atomic E-state index is 13.8. The molecule has 1 aromatic heterocycles. The minimum Gasteiger partial charge on any atom is -0.464 e. The average Bonchev–Trinajstić information content (AvgIpc) is 2.74. The Kier molecular flexibility index (Phi) is 3.05. The maximum Gasteiger partial charge on any atom is 0.366 e. The van der Waals surface area contributed by atoms with E-state index in [4.69, 9.17) is 0 Å². The zero-order valence-corrected chi connectivity index (χ0v) is 9.13. The number of fused-ring (bicyclic) bond motifs is 1. The molecule has 4 nitrogen and oxygen atoms in total. The number of hydrogen-bond donors (Lipinski definition) is 1. The van der Waals surface area contributed by atoms with E-state index in [1.165, 1.54) is 6.07 Å². The quantitative estimate of drug-likeness (QED) is 0.662. The van der Waals surface area contributed by atoms with Gasteiger partial charge in [-0.1, -0.05) is 6.07 Å². The van der Waals surface area contributed by atoms with Gasteiger partial charge in [0, 0.05) is 5.56 Å². The van der Waals surface area contributed by atoms with Crippen LogP contribution in [-0.2, 0) is 9.53 Å². The number of nitrogens with one attached hydrogen (secondary N) is 1. The van der Waals surface area contributed by atoms with Crippen LogP contribution in [0.3, 0.4) is 0 Å². The van der Waals surface area contributed by atoms with Crippen LogP contribution in [0, 0.1) is 11.8 Å². The number of benzene rings is 1. The predicted molar refractivity (Wildman–Crippen MR) is 57.1 cm³/mol. The van der Waals surface area contributed by atoms with Crippen molar-refractivity contribution in [2.45, 2.75) is 0 Å². The van der Waals surface area contributed by atoms with Crippen molar-refractivity contribution in [2.75, 3.05) is 7.11 Å². The summed E-state index contributed by atoms with van der Waals surface area (Å²) in [5.74, 6) is -4.19. The minimum atomic E-state index is -1.26. The topological polar surface area (TPSA) is 55.0 Å². The first-order valence-electron chi connectivity index (χ1n) is 4.82. The summed E-state index contributed by atoms with van der Waals surface area (Å²) in [6, 6.07) is 2.37. The summed E-state index contributed by atoms with van der Waals surface area (Å²) in [4.78, 5) is 10.8. The average molecular weight is 256 g/mol. The van der Waals surface area contributed by atoms with Crippen LogP contribution in [0.15, 0.2) is 18.0 Å². The number of halogens is 3. The van der Waals surface area contributed by atoms with Crippen molar-refractivity contribution in [2.24, 2.45) is 0 Å². The Hall–Kier alpha value is -2.31. The van der Waals surface area contributed by atoms with Gasteiger partial charge in [-0.25, -0.2) is 9.18 Å². The zero-order chi connectivity index (χ0) is 13.3. The fraction of sp³-hybridized carbons (Fsp3) is 0.0909. The van der Waals surface area contributed by atoms with Gasteiger partial charge in [-0.05, 0) is 12.1 Å². The van der Waals surface area contributed by atoms with E-state index in [1.54, 1.807) is 0 Å². The Labute approximate surface area is 99.1 Å². The minimum absolute atomic E-state index is 0.0527. The molecule has 0 aliphatic rings. The molecule has 1 aromatic carbocycles. The van der Waals surface area contributed by atoms with Crippen molar-refractivity contribution in [3.05, 3.63) is 35.3 Å². The summed E-state index contributed by atoms with van der Waals surface area (Å²) in [5, 5.41) is 5.32. The molecule has 1 heterocycles. The number of esters is 1. The molecule has 0 unspecified atom stereocenters. The highest BCUT2D eigenvalue weighted by atomic mass is 19.1. The van der Waals surface area contributed by atoms with Crippen LogP contribution < -0.4 is 0 Å². The molecule has 94 valence electrons. The van der Waals surface area contributed by atoms with Crippen molar-refractivity contribution in [3.8, 4) is 0 Å². The summed E-state index contributed by atoms with van der Waals surface area (Å²) in [6.07, 6.45) is 0.660. The van der Waals surface area contributed by atoms with E-state index in [1.807, 2.05) is 5.10 Å². The molecule has 7 heteroatoms. The van der Waals surface area contributed by atoms with Gasteiger partial charge < -0.3 is 4.74 Å². The molecule has 2 rings (SSSR count). The van der Waals surface area contributed by atoms with Crippen molar-refractivity contribution < 1.29 is 22.7 Å². The highest BCUT2D eigenvalue weighted by molar-refractivity contribution is 5.92. The molecular formula is C11H7F3N2O2. The summed E-state index contributed by atoms with van der Waals surface area (Å²) in [5.41, 5.74) is -0.490. The van der Waals surface area contributed by atoms with E-state index >= 15 is 0 Å². The molecule has 0 amide bonds. The predicted octanol–water partition coefficient (Wildman–Crippen LogP) is 2.32. The van der Waals surface area contributed by atoms with Gasteiger partial charge in [0.15, 0.2) is 5.82 Å². The lowest BCUT2D eigenvalue weighted by molar-refractivity contribution is -0.137. The third-order valence-electron chi connectivity index (χ3n) is 2.31. The Balaban J connectivity index is 2.53. The zero-order valence-electron chi connectivity index (χ0n) is 9.13. The largest absolute Gasteiger partial charge is 0.464 e. The Bertz CT molecular complexity index is 649. The van der Waals surface area contributed by atoms with Crippen LogP contribution in [0.5, 0.6) is 0 Å². The maximum absolute atomic E-state index is 13.8. The first-order valence-corrected chi connectivity index (χ1v) is 4.82. The number of hydrogen-bond acceptors (Lipinski definition) is 3. The Morgan fingerprint density at radius 3 is 2.83 bits per heavy atom. The normalized spacial score (nSPS) is 11.9. The second kappa shape index (κ2) is 4.52. The molecule has 0 saturated carbocycles. The molecule has 0 fully saturated rings. The van der Waals surface area contributed by atoms with E-state index in [0.717, 1.165) is 13.2 Å². The van der Waals surface area contributed by atoms with E-state index < -0.39 is 23.6 Å². The third-order valence-corrected chi connectivity index (χ3v) is 2.31. The summed E-state index contributed by atoms with van der Waals surface area (Å²) in [7, 11) is 0.998. The van der Waals surface area contributed by atoms with Crippen molar-refractivity contribution in [3.63, 3.8) is 0 Å². The summed E-state index contributed by atoms with van der Waals surface area (Å²) in [6.45, 7) is 0. The summed E-state index contributed by atoms with van der Waals surface area (Å²) < 4.78 is 44.2. The molecule has 0 saturated heterocycles. The van der Waals surface area contributed by atoms with Crippen molar-refractivity contribution >= 4 is 22.9 Å². The highest BCUT2D eigenvalue weighted by Gasteiger charge is 2.15. The number of aromatic nitrogens is 2. The second-order valence-electron chi connectivity index (χ2n) is 3.39. The van der Waals surface area contributed by atoms with E-state index in [-0.39, 0.29) is 16.5 Å². The number of carbonyl (C=O) groups excluding carboxylic acids is 1. The van der Waals surface area contributed by atoms with Gasteiger partial charge in [-0.15, -0.1) is 0 Å². The number of carbonyl (C=O) groups is 1. The van der Waals surface area contributed by atoms with Crippen molar-refractivity contribution in [1.29, 1.82) is 0 Å². The molecule has 0 aliphatic carbocycles. The molecule has 1 N–H and O–H groups in total. The van der Waals surface area contributed by atoms with Crippen LogP contribution in [0.2, 0.25) is 0 Å². The molecule has 0 atom stereocenters. The van der Waals surface area contributed by atoms with Gasteiger partial charge in [0.1, 0.15) is 5.52 Å². The van der Waals surface area contributed by atoms with Crippen LogP contribution in [0.4, 0.5) is 13.2 Å². The molecule has 0 radical (unpaired) electrons. The molecule has 18 heavy (non-hydrogen) atoms. The van der Waals surface area contributed by atoms with E-state index in [0.29, 0.717) is 6.08 Å². The summed E-state index contributed by atoms with van der Waals surface area (Å²) >= 11 is 0. The fourth-order valence-electron chi connectivity index (χ4n) is 1.44. The van der Waals surface area contributed by atoms with E-state index in [9.17, 15) is 18.0 Å². The number of methoxy groups -OCH3 is 1. The molecule has 0 aliphatic heterocycles. The van der Waals surface area contributed by atoms with E-state index in [2.05, 4.69) is 9.84 Å². The number of nitrogens with zero attached hydrogens (tertiary/aromatic N) is 1. The number of H-pyrrole nitrogens is 1. The second-order valence-corrected chi connectivity index (χ2v) is 3.39. The third kappa shape index (κ3) is 1.94. The van der Waals surface area contributed by atoms with Gasteiger partial charge >= 0.3 is 5.97 Å². The monoisotopic (exact) mass is 256 g/mol. The van der Waals surface area contributed by atoms with Gasteiger partial charge in [-0.3, -0.25) is 5.10 Å². The van der Waals surface area contributed by atoms with Gasteiger partial charge in [0.05, 0.1) is 12.5 Å². The first kappa shape index (κ1) is 12.2. The number of ether oxygens (including phenoxy) is 1. The van der Waals surface area contributed by atoms with Crippen LogP contribution in [-0.4, -0.2) is 23.3 Å². The first-order chi connectivity index (χ1) is 8.54. The Morgan fingerprint density at radius 2 is 2.17 bits per heavy atom. The molecule has 2 aromatic rings. The molecule has 0 spiro atoms. The smallest absolute Gasteiger partial charge is 0.366 e. The lowest BCUT2D eigenvalue weighted by Crippen LogP contribution is -2.00. The number of aromatic amines is 1. The molecular weight excluding hydrogens is 249 g/mol. The van der Waals surface area contributed by atoms with Crippen LogP contribution in [0.1, 0.15) is 5.56 Å². The Morgan fingerprint density at radius 1 is 1.44 bits per heavy atom. The van der Waals surface area contributed by atoms with Crippen LogP contribution >= 0.6 is 0 Å². The standard InChI is InChI=1S/C11H7F3N2O2/c1-18-11(17)7(12)4-5-2-3-6-9(8(5)13)15-16-10(6)14/h2-4H,1H3,(H,15,16)/b7-4-. The number of rotatable bonds is 2. The fourth-order valence-corrected chi connectivity index (χ4v) is 1.44. The van der Waals surface area contributed by atoms with Gasteiger partial charge in [-0.2, -0.15) is 13.9 Å². The van der Waals surface area contributed by atoms with Gasteiger partial charge in [0.25, 0.3) is 0 Å². The highest BCUT2D eigenvalue weighted by Crippen LogP contribution is 2.23.